The van der Waals surface area contributed by atoms with Crippen LogP contribution < -0.4 is 15.0 Å². The molecule has 0 aliphatic carbocycles. The van der Waals surface area contributed by atoms with Gasteiger partial charge < -0.3 is 19.5 Å². The van der Waals surface area contributed by atoms with Gasteiger partial charge in [-0.25, -0.2) is 4.63 Å². The van der Waals surface area contributed by atoms with E-state index in [0.717, 1.165) is 31.6 Å². The average molecular weight is 478 g/mol. The minimum absolute atomic E-state index is 0.00920. The van der Waals surface area contributed by atoms with Crippen LogP contribution in [0.2, 0.25) is 0 Å². The predicted octanol–water partition coefficient (Wildman–Crippen LogP) is 4.25. The topological polar surface area (TPSA) is 150 Å². The van der Waals surface area contributed by atoms with Gasteiger partial charge in [0.15, 0.2) is 16.7 Å². The summed E-state index contributed by atoms with van der Waals surface area (Å²) >= 11 is 0. The number of benzene rings is 2. The monoisotopic (exact) mass is 478 g/mol. The lowest BCUT2D eigenvalue weighted by Gasteiger charge is -2.28. The van der Waals surface area contributed by atoms with E-state index in [-0.39, 0.29) is 18.0 Å². The van der Waals surface area contributed by atoms with E-state index < -0.39 is 10.8 Å². The Hall–Kier alpha value is -4.48. The number of hydrogen-bond donors (Lipinski definition) is 1. The van der Waals surface area contributed by atoms with Crippen molar-refractivity contribution in [3.8, 4) is 5.75 Å². The Morgan fingerprint density at radius 3 is 2.57 bits per heavy atom. The van der Waals surface area contributed by atoms with E-state index in [0.29, 0.717) is 33.8 Å². The molecule has 1 fully saturated rings. The van der Waals surface area contributed by atoms with Gasteiger partial charge in [-0.15, -0.1) is 0 Å². The number of aryl methyl sites for hydroxylation is 1. The fraction of sp³-hybridized carbons (Fsp3) is 0.304. The van der Waals surface area contributed by atoms with Crippen molar-refractivity contribution in [2.24, 2.45) is 0 Å². The number of nitrogens with one attached hydrogen (secondary N) is 1. The zero-order valence-corrected chi connectivity index (χ0v) is 18.9. The molecule has 0 bridgehead atoms. The molecule has 1 saturated heterocycles. The largest absolute Gasteiger partial charge is 0.489 e. The predicted molar refractivity (Wildman–Crippen MR) is 124 cm³/mol. The van der Waals surface area contributed by atoms with E-state index in [2.05, 4.69) is 25.7 Å². The lowest BCUT2D eigenvalue weighted by Crippen LogP contribution is -2.29. The van der Waals surface area contributed by atoms with Crippen LogP contribution in [-0.4, -0.2) is 39.4 Å². The highest BCUT2D eigenvalue weighted by molar-refractivity contribution is 6.09. The Labute approximate surface area is 198 Å². The smallest absolute Gasteiger partial charge is 0.278 e. The summed E-state index contributed by atoms with van der Waals surface area (Å²) in [6, 6.07) is 9.33. The molecule has 0 saturated carbocycles. The van der Waals surface area contributed by atoms with Gasteiger partial charge in [-0.05, 0) is 60.8 Å². The van der Waals surface area contributed by atoms with Crippen LogP contribution in [0.15, 0.2) is 45.6 Å². The minimum atomic E-state index is -0.501. The summed E-state index contributed by atoms with van der Waals surface area (Å²) in [5.41, 5.74) is 2.88. The molecule has 5 rings (SSSR count). The summed E-state index contributed by atoms with van der Waals surface area (Å²) in [6.45, 7) is 3.53. The lowest BCUT2D eigenvalue weighted by molar-refractivity contribution is -0.384. The molecule has 0 radical (unpaired) electrons. The van der Waals surface area contributed by atoms with Gasteiger partial charge in [-0.1, -0.05) is 5.16 Å². The second-order valence-electron chi connectivity index (χ2n) is 8.20. The zero-order valence-electron chi connectivity index (χ0n) is 18.9. The van der Waals surface area contributed by atoms with Gasteiger partial charge >= 0.3 is 0 Å². The van der Waals surface area contributed by atoms with Gasteiger partial charge in [0, 0.05) is 25.2 Å². The fourth-order valence-electron chi connectivity index (χ4n) is 4.08. The number of carbonyl (C=O) groups is 1. The molecular weight excluding hydrogens is 456 g/mol. The SMILES string of the molecule is Cc1onc(C(=O)Nc2ccc(N3CCCCC3)c3nonc23)c1COc1ccc([N+](=O)[O-])cc1. The third-order valence-corrected chi connectivity index (χ3v) is 5.97. The minimum Gasteiger partial charge on any atom is -0.489 e. The highest BCUT2D eigenvalue weighted by atomic mass is 16.6. The Kier molecular flexibility index (Phi) is 6.00. The van der Waals surface area contributed by atoms with Crippen LogP contribution >= 0.6 is 0 Å². The first-order valence-electron chi connectivity index (χ1n) is 11.2. The molecule has 1 N–H and O–H groups in total. The van der Waals surface area contributed by atoms with Crippen molar-refractivity contribution >= 4 is 34.0 Å². The fourth-order valence-corrected chi connectivity index (χ4v) is 4.08. The van der Waals surface area contributed by atoms with Gasteiger partial charge in [0.05, 0.1) is 21.9 Å². The Balaban J connectivity index is 1.33. The van der Waals surface area contributed by atoms with Gasteiger partial charge in [0.1, 0.15) is 18.1 Å². The van der Waals surface area contributed by atoms with Crippen molar-refractivity contribution in [1.29, 1.82) is 0 Å². The summed E-state index contributed by atoms with van der Waals surface area (Å²) < 4.78 is 15.9. The maximum absolute atomic E-state index is 13.1. The molecule has 180 valence electrons. The number of amides is 1. The van der Waals surface area contributed by atoms with Crippen LogP contribution in [0.4, 0.5) is 17.1 Å². The number of nitro benzene ring substituents is 1. The second kappa shape index (κ2) is 9.41. The van der Waals surface area contributed by atoms with E-state index in [1.807, 2.05) is 6.07 Å². The number of piperidine rings is 1. The van der Waals surface area contributed by atoms with Crippen molar-refractivity contribution in [3.63, 3.8) is 0 Å². The summed E-state index contributed by atoms with van der Waals surface area (Å²) in [6.07, 6.45) is 3.43. The number of ether oxygens (including phenoxy) is 1. The normalized spacial score (nSPS) is 13.7. The number of nitro groups is 1. The molecule has 3 heterocycles. The van der Waals surface area contributed by atoms with Crippen molar-refractivity contribution in [1.82, 2.24) is 15.5 Å². The van der Waals surface area contributed by atoms with Crippen molar-refractivity contribution in [2.75, 3.05) is 23.3 Å². The third-order valence-electron chi connectivity index (χ3n) is 5.97. The molecule has 12 heteroatoms. The number of hydrogen-bond acceptors (Lipinski definition) is 10. The molecule has 2 aromatic heterocycles. The van der Waals surface area contributed by atoms with Crippen molar-refractivity contribution < 1.29 is 23.6 Å². The first kappa shape index (κ1) is 22.3. The van der Waals surface area contributed by atoms with E-state index in [1.54, 1.807) is 13.0 Å². The first-order chi connectivity index (χ1) is 17.0. The van der Waals surface area contributed by atoms with Crippen LogP contribution in [0, 0.1) is 17.0 Å². The van der Waals surface area contributed by atoms with Crippen LogP contribution in [-0.2, 0) is 6.61 Å². The number of nitrogens with zero attached hydrogens (tertiary/aromatic N) is 5. The summed E-state index contributed by atoms with van der Waals surface area (Å²) in [7, 11) is 0. The maximum Gasteiger partial charge on any atom is 0.278 e. The van der Waals surface area contributed by atoms with E-state index in [9.17, 15) is 14.9 Å². The molecule has 1 amide bonds. The number of non-ortho nitro benzene ring substituents is 1. The number of anilines is 2. The first-order valence-corrected chi connectivity index (χ1v) is 11.2. The highest BCUT2D eigenvalue weighted by Crippen LogP contribution is 2.32. The molecule has 35 heavy (non-hydrogen) atoms. The summed E-state index contributed by atoms with van der Waals surface area (Å²) in [5, 5.41) is 25.6. The molecule has 0 atom stereocenters. The van der Waals surface area contributed by atoms with E-state index in [4.69, 9.17) is 13.9 Å². The molecular formula is C23H22N6O6. The molecule has 4 aromatic rings. The third kappa shape index (κ3) is 4.50. The Morgan fingerprint density at radius 2 is 1.83 bits per heavy atom. The lowest BCUT2D eigenvalue weighted by atomic mass is 10.1. The van der Waals surface area contributed by atoms with Crippen molar-refractivity contribution in [3.05, 3.63) is 63.5 Å². The molecule has 0 spiro atoms. The molecule has 2 aromatic carbocycles. The van der Waals surface area contributed by atoms with Crippen LogP contribution in [0.25, 0.3) is 11.0 Å². The van der Waals surface area contributed by atoms with Crippen molar-refractivity contribution in [2.45, 2.75) is 32.8 Å². The van der Waals surface area contributed by atoms with Gasteiger partial charge in [-0.2, -0.15) is 0 Å². The average Bonchev–Trinajstić information content (AvgIpc) is 3.51. The Bertz CT molecular complexity index is 1370. The van der Waals surface area contributed by atoms with Crippen LogP contribution in [0.5, 0.6) is 5.75 Å². The van der Waals surface area contributed by atoms with E-state index >= 15 is 0 Å². The second-order valence-corrected chi connectivity index (χ2v) is 8.20. The molecule has 0 unspecified atom stereocenters. The zero-order chi connectivity index (χ0) is 24.4. The highest BCUT2D eigenvalue weighted by Gasteiger charge is 2.24. The number of carbonyl (C=O) groups excluding carboxylic acids is 1. The number of aromatic nitrogens is 3. The van der Waals surface area contributed by atoms with Gasteiger partial charge in [-0.3, -0.25) is 14.9 Å². The molecule has 1 aliphatic rings. The maximum atomic E-state index is 13.1. The van der Waals surface area contributed by atoms with Crippen LogP contribution in [0.1, 0.15) is 41.1 Å². The molecule has 12 nitrogen and oxygen atoms in total. The van der Waals surface area contributed by atoms with Crippen LogP contribution in [0.3, 0.4) is 0 Å². The van der Waals surface area contributed by atoms with E-state index in [1.165, 1.54) is 30.7 Å². The quantitative estimate of drug-likeness (QED) is 0.302. The number of fused-ring (bicyclic) bond motifs is 1. The van der Waals surface area contributed by atoms with Gasteiger partial charge in [0.25, 0.3) is 11.6 Å². The molecule has 1 aliphatic heterocycles. The van der Waals surface area contributed by atoms with Gasteiger partial charge in [0.2, 0.25) is 0 Å². The number of rotatable bonds is 7. The standard InChI is InChI=1S/C23H22N6O6/c1-14-17(13-33-16-7-5-15(6-8-16)29(31)32)20(25-34-14)23(30)24-18-9-10-19(22-21(18)26-35-27-22)28-11-3-2-4-12-28/h5-10H,2-4,11-13H2,1H3,(H,24,30). The summed E-state index contributed by atoms with van der Waals surface area (Å²) in [5.74, 6) is 0.330. The summed E-state index contributed by atoms with van der Waals surface area (Å²) in [4.78, 5) is 25.7. The Morgan fingerprint density at radius 1 is 1.09 bits per heavy atom.